The van der Waals surface area contributed by atoms with Crippen molar-refractivity contribution in [2.45, 2.75) is 13.5 Å². The van der Waals surface area contributed by atoms with E-state index < -0.39 is 21.7 Å². The van der Waals surface area contributed by atoms with Gasteiger partial charge in [0.1, 0.15) is 22.8 Å². The standard InChI is InChI=1S/C27H21F2N7O2S/c1-14-5-7-30-13-20(14)19-3-4-21-22(23(19)29)25(36-35-21)27-33-24-18(6-8-31-26(24)34-27)16-9-15(10-17(28)11-16)12-32-39(2,37)38/h3-11,13,32H,12H2,1-2H3,(H,35,36)(H,31,33,34). The summed E-state index contributed by atoms with van der Waals surface area (Å²) in [5.74, 6) is -0.711. The number of nitrogens with zero attached hydrogens (tertiary/aromatic N) is 4. The second kappa shape index (κ2) is 9.33. The molecule has 12 heteroatoms. The Morgan fingerprint density at radius 3 is 2.64 bits per heavy atom. The van der Waals surface area contributed by atoms with Gasteiger partial charge >= 0.3 is 0 Å². The number of aromatic amines is 2. The monoisotopic (exact) mass is 545 g/mol. The van der Waals surface area contributed by atoms with Crippen LogP contribution in [-0.4, -0.2) is 44.8 Å². The van der Waals surface area contributed by atoms with E-state index in [1.165, 1.54) is 12.1 Å². The highest BCUT2D eigenvalue weighted by atomic mass is 32.2. The number of nitrogens with one attached hydrogen (secondary N) is 3. The Morgan fingerprint density at radius 2 is 1.85 bits per heavy atom. The summed E-state index contributed by atoms with van der Waals surface area (Å²) in [6.45, 7) is 1.82. The summed E-state index contributed by atoms with van der Waals surface area (Å²) in [6.07, 6.45) is 5.86. The van der Waals surface area contributed by atoms with Crippen LogP contribution in [0, 0.1) is 18.6 Å². The van der Waals surface area contributed by atoms with E-state index in [1.807, 2.05) is 13.0 Å². The van der Waals surface area contributed by atoms with Gasteiger partial charge in [0, 0.05) is 41.8 Å². The molecule has 0 spiro atoms. The van der Waals surface area contributed by atoms with Gasteiger partial charge in [-0.05, 0) is 66.1 Å². The van der Waals surface area contributed by atoms with Gasteiger partial charge in [0.05, 0.1) is 17.2 Å². The van der Waals surface area contributed by atoms with Gasteiger partial charge in [-0.1, -0.05) is 0 Å². The van der Waals surface area contributed by atoms with Gasteiger partial charge in [-0.15, -0.1) is 0 Å². The fraction of sp³-hybridized carbons (Fsp3) is 0.111. The van der Waals surface area contributed by atoms with Crippen molar-refractivity contribution < 1.29 is 17.2 Å². The molecule has 0 saturated heterocycles. The average Bonchev–Trinajstić information content (AvgIpc) is 3.52. The van der Waals surface area contributed by atoms with Crippen LogP contribution in [-0.2, 0) is 16.6 Å². The molecular weight excluding hydrogens is 524 g/mol. The molecule has 0 amide bonds. The summed E-state index contributed by atoms with van der Waals surface area (Å²) in [4.78, 5) is 16.3. The SMILES string of the molecule is Cc1ccncc1-c1ccc2[nH]nc(-c3nc4c(-c5cc(F)cc(CNS(C)(=O)=O)c5)ccnc4[nH]3)c2c1F. The van der Waals surface area contributed by atoms with Crippen molar-refractivity contribution in [1.29, 1.82) is 0 Å². The molecule has 0 radical (unpaired) electrons. The summed E-state index contributed by atoms with van der Waals surface area (Å²) in [7, 11) is -3.46. The summed E-state index contributed by atoms with van der Waals surface area (Å²) >= 11 is 0. The van der Waals surface area contributed by atoms with Crippen molar-refractivity contribution in [3.8, 4) is 33.8 Å². The highest BCUT2D eigenvalue weighted by Crippen LogP contribution is 2.36. The van der Waals surface area contributed by atoms with E-state index in [0.29, 0.717) is 44.5 Å². The average molecular weight is 546 g/mol. The zero-order valence-electron chi connectivity index (χ0n) is 20.8. The largest absolute Gasteiger partial charge is 0.321 e. The van der Waals surface area contributed by atoms with E-state index in [9.17, 15) is 12.8 Å². The van der Waals surface area contributed by atoms with Crippen LogP contribution in [0.3, 0.4) is 0 Å². The van der Waals surface area contributed by atoms with Gasteiger partial charge in [-0.25, -0.2) is 31.9 Å². The normalized spacial score (nSPS) is 12.0. The zero-order valence-corrected chi connectivity index (χ0v) is 21.6. The van der Waals surface area contributed by atoms with Gasteiger partial charge < -0.3 is 4.98 Å². The van der Waals surface area contributed by atoms with E-state index in [4.69, 9.17) is 0 Å². The fourth-order valence-electron chi connectivity index (χ4n) is 4.58. The van der Waals surface area contributed by atoms with Crippen LogP contribution < -0.4 is 4.72 Å². The highest BCUT2D eigenvalue weighted by molar-refractivity contribution is 7.88. The third-order valence-electron chi connectivity index (χ3n) is 6.41. The van der Waals surface area contributed by atoms with Crippen LogP contribution in [0.25, 0.3) is 55.8 Å². The van der Waals surface area contributed by atoms with Crippen LogP contribution >= 0.6 is 0 Å². The lowest BCUT2D eigenvalue weighted by Gasteiger charge is -2.08. The maximum absolute atomic E-state index is 15.9. The number of fused-ring (bicyclic) bond motifs is 2. The second-order valence-corrected chi connectivity index (χ2v) is 11.0. The molecule has 0 aliphatic rings. The topological polar surface area (TPSA) is 129 Å². The molecule has 4 heterocycles. The number of sulfonamides is 1. The zero-order chi connectivity index (χ0) is 27.3. The second-order valence-electron chi connectivity index (χ2n) is 9.20. The first-order valence-electron chi connectivity index (χ1n) is 11.8. The molecule has 9 nitrogen and oxygen atoms in total. The Morgan fingerprint density at radius 1 is 1.00 bits per heavy atom. The maximum atomic E-state index is 15.9. The summed E-state index contributed by atoms with van der Waals surface area (Å²) in [5.41, 5.74) is 5.02. The Kier molecular flexibility index (Phi) is 5.92. The molecule has 6 aromatic rings. The molecule has 0 aliphatic heterocycles. The number of hydrogen-bond acceptors (Lipinski definition) is 6. The molecule has 39 heavy (non-hydrogen) atoms. The van der Waals surface area contributed by atoms with Crippen molar-refractivity contribution in [3.63, 3.8) is 0 Å². The van der Waals surface area contributed by atoms with E-state index in [1.54, 1.807) is 42.9 Å². The molecule has 6 rings (SSSR count). The minimum atomic E-state index is -3.46. The number of hydrogen-bond donors (Lipinski definition) is 3. The molecule has 0 unspecified atom stereocenters. The lowest BCUT2D eigenvalue weighted by atomic mass is 10.00. The Balaban J connectivity index is 1.47. The van der Waals surface area contributed by atoms with Crippen LogP contribution in [0.15, 0.2) is 61.1 Å². The van der Waals surface area contributed by atoms with Crippen molar-refractivity contribution in [1.82, 2.24) is 34.9 Å². The van der Waals surface area contributed by atoms with Gasteiger partial charge in [0.25, 0.3) is 0 Å². The number of imidazole rings is 1. The quantitative estimate of drug-likeness (QED) is 0.274. The predicted octanol–water partition coefficient (Wildman–Crippen LogP) is 4.87. The number of aromatic nitrogens is 6. The highest BCUT2D eigenvalue weighted by Gasteiger charge is 2.21. The van der Waals surface area contributed by atoms with Crippen molar-refractivity contribution in [2.75, 3.05) is 6.26 Å². The number of halogens is 2. The molecule has 4 aromatic heterocycles. The van der Waals surface area contributed by atoms with Crippen LogP contribution in [0.4, 0.5) is 8.78 Å². The van der Waals surface area contributed by atoms with E-state index in [-0.39, 0.29) is 23.4 Å². The summed E-state index contributed by atoms with van der Waals surface area (Å²) in [5, 5.41) is 7.45. The molecule has 0 saturated carbocycles. The van der Waals surface area contributed by atoms with E-state index >= 15 is 4.39 Å². The fourth-order valence-corrected chi connectivity index (χ4v) is 5.00. The van der Waals surface area contributed by atoms with Crippen molar-refractivity contribution in [2.24, 2.45) is 0 Å². The van der Waals surface area contributed by atoms with Crippen molar-refractivity contribution >= 4 is 32.1 Å². The minimum absolute atomic E-state index is 0.0685. The molecule has 3 N–H and O–H groups in total. The Hall–Kier alpha value is -4.55. The summed E-state index contributed by atoms with van der Waals surface area (Å²) < 4.78 is 55.8. The lowest BCUT2D eigenvalue weighted by molar-refractivity contribution is 0.586. The first-order chi connectivity index (χ1) is 18.7. The molecule has 2 aromatic carbocycles. The molecule has 0 atom stereocenters. The number of benzene rings is 2. The molecule has 0 fully saturated rings. The predicted molar refractivity (Wildman–Crippen MR) is 144 cm³/mol. The first kappa shape index (κ1) is 24.8. The number of aryl methyl sites for hydroxylation is 1. The van der Waals surface area contributed by atoms with Gasteiger partial charge in [-0.2, -0.15) is 5.10 Å². The minimum Gasteiger partial charge on any atom is -0.321 e. The van der Waals surface area contributed by atoms with Crippen LogP contribution in [0.1, 0.15) is 11.1 Å². The third kappa shape index (κ3) is 4.64. The first-order valence-corrected chi connectivity index (χ1v) is 13.7. The van der Waals surface area contributed by atoms with Gasteiger partial charge in [-0.3, -0.25) is 10.1 Å². The number of rotatable bonds is 6. The smallest absolute Gasteiger partial charge is 0.209 e. The number of H-pyrrole nitrogens is 2. The molecular formula is C27H21F2N7O2S. The molecule has 0 bridgehead atoms. The number of pyridine rings is 2. The Bertz CT molecular complexity index is 2000. The molecule has 196 valence electrons. The van der Waals surface area contributed by atoms with Gasteiger partial charge in [0.15, 0.2) is 11.5 Å². The maximum Gasteiger partial charge on any atom is 0.209 e. The lowest BCUT2D eigenvalue weighted by Crippen LogP contribution is -2.21. The summed E-state index contributed by atoms with van der Waals surface area (Å²) in [6, 6.07) is 11.2. The van der Waals surface area contributed by atoms with Crippen LogP contribution in [0.5, 0.6) is 0 Å². The van der Waals surface area contributed by atoms with Crippen molar-refractivity contribution in [3.05, 3.63) is 83.8 Å². The van der Waals surface area contributed by atoms with E-state index in [2.05, 4.69) is 34.9 Å². The van der Waals surface area contributed by atoms with Gasteiger partial charge in [0.2, 0.25) is 10.0 Å². The Labute approximate surface area is 221 Å². The third-order valence-corrected chi connectivity index (χ3v) is 7.08. The molecule has 0 aliphatic carbocycles. The van der Waals surface area contributed by atoms with E-state index in [0.717, 1.165) is 11.8 Å². The van der Waals surface area contributed by atoms with Crippen LogP contribution in [0.2, 0.25) is 0 Å².